The van der Waals surface area contributed by atoms with Crippen LogP contribution in [0.15, 0.2) is 35.1 Å². The van der Waals surface area contributed by atoms with Crippen molar-refractivity contribution in [1.82, 2.24) is 0 Å². The van der Waals surface area contributed by atoms with E-state index in [1.54, 1.807) is 11.1 Å². The summed E-state index contributed by atoms with van der Waals surface area (Å²) < 4.78 is 0. The van der Waals surface area contributed by atoms with Crippen LogP contribution in [0.25, 0.3) is 0 Å². The third kappa shape index (κ3) is 4.12. The van der Waals surface area contributed by atoms with Gasteiger partial charge in [-0.25, -0.2) is 5.01 Å². The lowest BCUT2D eigenvalue weighted by Crippen LogP contribution is -2.08. The summed E-state index contributed by atoms with van der Waals surface area (Å²) in [6, 6.07) is 5.67. The van der Waals surface area contributed by atoms with E-state index < -0.39 is 0 Å². The van der Waals surface area contributed by atoms with Crippen LogP contribution in [0.3, 0.4) is 0 Å². The molecule has 0 aliphatic rings. The molecule has 1 N–H and O–H groups in total. The summed E-state index contributed by atoms with van der Waals surface area (Å²) in [4.78, 5) is 0. The minimum absolute atomic E-state index is 0.302. The molecule has 0 unspecified atom stereocenters. The van der Waals surface area contributed by atoms with Gasteiger partial charge in [-0.05, 0) is 30.4 Å². The predicted octanol–water partition coefficient (Wildman–Crippen LogP) is 5.03. The van der Waals surface area contributed by atoms with Crippen molar-refractivity contribution in [3.8, 4) is 5.75 Å². The molecule has 0 fully saturated rings. The topological polar surface area (TPSA) is 35.8 Å². The summed E-state index contributed by atoms with van der Waals surface area (Å²) in [6.45, 7) is 12.1. The molecular weight excluding hydrogens is 248 g/mol. The summed E-state index contributed by atoms with van der Waals surface area (Å²) in [5.74, 6) is 0.615. The molecule has 0 atom stereocenters. The summed E-state index contributed by atoms with van der Waals surface area (Å²) in [6.07, 6.45) is 5.18. The molecule has 20 heavy (non-hydrogen) atoms. The van der Waals surface area contributed by atoms with Gasteiger partial charge in [-0.1, -0.05) is 45.8 Å². The fourth-order valence-electron chi connectivity index (χ4n) is 2.19. The van der Waals surface area contributed by atoms with Crippen LogP contribution < -0.4 is 5.01 Å². The Morgan fingerprint density at radius 2 is 2.10 bits per heavy atom. The summed E-state index contributed by atoms with van der Waals surface area (Å²) in [5, 5.41) is 15.9. The largest absolute Gasteiger partial charge is 0.508 e. The van der Waals surface area contributed by atoms with Gasteiger partial charge in [0, 0.05) is 19.0 Å². The number of phenols is 1. The second kappa shape index (κ2) is 7.73. The molecule has 0 saturated heterocycles. The minimum atomic E-state index is 0.302. The van der Waals surface area contributed by atoms with Crippen LogP contribution in [-0.2, 0) is 0 Å². The molecular formula is C17H26N2O. The normalized spacial score (nSPS) is 11.8. The average Bonchev–Trinajstić information content (AvgIpc) is 2.42. The molecule has 0 aliphatic carbocycles. The number of rotatable bonds is 7. The highest BCUT2D eigenvalue weighted by atomic mass is 16.3. The Bertz CT molecular complexity index is 478. The lowest BCUT2D eigenvalue weighted by atomic mass is 10.0. The number of nitrogens with zero attached hydrogens (tertiary/aromatic N) is 2. The lowest BCUT2D eigenvalue weighted by molar-refractivity contribution is 0.465. The quantitative estimate of drug-likeness (QED) is 0.559. The molecule has 0 spiro atoms. The zero-order valence-corrected chi connectivity index (χ0v) is 13.1. The maximum Gasteiger partial charge on any atom is 0.121 e. The third-order valence-corrected chi connectivity index (χ3v) is 3.38. The van der Waals surface area contributed by atoms with E-state index in [4.69, 9.17) is 0 Å². The van der Waals surface area contributed by atoms with Crippen LogP contribution in [0.5, 0.6) is 5.75 Å². The number of hydrogen-bond donors (Lipinski definition) is 1. The van der Waals surface area contributed by atoms with Gasteiger partial charge in [-0.3, -0.25) is 0 Å². The lowest BCUT2D eigenvalue weighted by Gasteiger charge is -2.18. The molecule has 0 aliphatic heterocycles. The highest BCUT2D eigenvalue weighted by Crippen LogP contribution is 2.30. The molecule has 0 aromatic heterocycles. The van der Waals surface area contributed by atoms with Crippen molar-refractivity contribution in [2.75, 3.05) is 5.01 Å². The molecule has 0 saturated carbocycles. The Hall–Kier alpha value is -1.77. The molecule has 3 heteroatoms. The van der Waals surface area contributed by atoms with Gasteiger partial charge in [0.2, 0.25) is 0 Å². The zero-order valence-electron chi connectivity index (χ0n) is 13.1. The third-order valence-electron chi connectivity index (χ3n) is 3.38. The molecule has 0 bridgehead atoms. The van der Waals surface area contributed by atoms with Gasteiger partial charge in [0.15, 0.2) is 0 Å². The fourth-order valence-corrected chi connectivity index (χ4v) is 2.19. The monoisotopic (exact) mass is 274 g/mol. The minimum Gasteiger partial charge on any atom is -0.508 e. The van der Waals surface area contributed by atoms with Crippen molar-refractivity contribution in [3.05, 3.63) is 35.5 Å². The first-order valence-corrected chi connectivity index (χ1v) is 7.31. The van der Waals surface area contributed by atoms with Gasteiger partial charge >= 0.3 is 0 Å². The van der Waals surface area contributed by atoms with Gasteiger partial charge in [-0.15, -0.1) is 0 Å². The van der Waals surface area contributed by atoms with Crippen LogP contribution >= 0.6 is 0 Å². The smallest absolute Gasteiger partial charge is 0.121 e. The van der Waals surface area contributed by atoms with Gasteiger partial charge in [0.05, 0.1) is 5.69 Å². The van der Waals surface area contributed by atoms with Crippen LogP contribution in [0.2, 0.25) is 0 Å². The Labute approximate surface area is 122 Å². The van der Waals surface area contributed by atoms with E-state index >= 15 is 0 Å². The van der Waals surface area contributed by atoms with Crippen LogP contribution in [0.4, 0.5) is 5.69 Å². The number of phenolic OH excluding ortho intramolecular Hbond substituents is 1. The summed E-state index contributed by atoms with van der Waals surface area (Å²) in [7, 11) is 0. The molecule has 110 valence electrons. The van der Waals surface area contributed by atoms with Gasteiger partial charge in [0.1, 0.15) is 5.75 Å². The molecule has 1 aromatic rings. The van der Waals surface area contributed by atoms with Crippen molar-refractivity contribution >= 4 is 12.4 Å². The highest BCUT2D eigenvalue weighted by molar-refractivity contribution is 5.56. The first-order valence-electron chi connectivity index (χ1n) is 7.31. The van der Waals surface area contributed by atoms with Crippen LogP contribution in [0.1, 0.15) is 58.4 Å². The second-order valence-electron chi connectivity index (χ2n) is 5.27. The standard InChI is InChI=1S/C17H26N2O/c1-6-8-14(7-2)12-19(18-5)15-9-10-16(13(3)4)17(20)11-15/h9-13,20H,5-8H2,1-4H3/b14-12-. The average molecular weight is 274 g/mol. The second-order valence-corrected chi connectivity index (χ2v) is 5.27. The number of allylic oxidation sites excluding steroid dienone is 1. The van der Waals surface area contributed by atoms with Gasteiger partial charge < -0.3 is 5.11 Å². The van der Waals surface area contributed by atoms with Crippen molar-refractivity contribution in [1.29, 1.82) is 0 Å². The number of hydrazone groups is 1. The Morgan fingerprint density at radius 3 is 2.55 bits per heavy atom. The number of aromatic hydroxyl groups is 1. The Morgan fingerprint density at radius 1 is 1.40 bits per heavy atom. The molecule has 0 heterocycles. The van der Waals surface area contributed by atoms with Gasteiger partial charge in [0.25, 0.3) is 0 Å². The number of anilines is 1. The molecule has 1 aromatic carbocycles. The Balaban J connectivity index is 3.07. The molecule has 3 nitrogen and oxygen atoms in total. The van der Waals surface area contributed by atoms with E-state index in [0.29, 0.717) is 11.7 Å². The zero-order chi connectivity index (χ0) is 15.1. The van der Waals surface area contributed by atoms with E-state index in [0.717, 1.165) is 30.5 Å². The van der Waals surface area contributed by atoms with Crippen molar-refractivity contribution < 1.29 is 5.11 Å². The fraction of sp³-hybridized carbons (Fsp3) is 0.471. The maximum atomic E-state index is 10.1. The van der Waals surface area contributed by atoms with E-state index in [-0.39, 0.29) is 0 Å². The molecule has 1 rings (SSSR count). The predicted molar refractivity (Wildman–Crippen MR) is 87.5 cm³/mol. The van der Waals surface area contributed by atoms with Crippen LogP contribution in [-0.4, -0.2) is 11.8 Å². The van der Waals surface area contributed by atoms with E-state index in [1.807, 2.05) is 18.3 Å². The van der Waals surface area contributed by atoms with Crippen molar-refractivity contribution in [2.24, 2.45) is 5.10 Å². The Kier molecular flexibility index (Phi) is 6.29. The van der Waals surface area contributed by atoms with E-state index in [1.165, 1.54) is 5.57 Å². The summed E-state index contributed by atoms with van der Waals surface area (Å²) >= 11 is 0. The van der Waals surface area contributed by atoms with Crippen molar-refractivity contribution in [2.45, 2.75) is 52.9 Å². The first-order chi connectivity index (χ1) is 9.53. The van der Waals surface area contributed by atoms with Gasteiger partial charge in [-0.2, -0.15) is 5.10 Å². The summed E-state index contributed by atoms with van der Waals surface area (Å²) in [5.41, 5.74) is 3.11. The number of benzene rings is 1. The van der Waals surface area contributed by atoms with Crippen LogP contribution in [0, 0.1) is 0 Å². The molecule has 0 amide bonds. The number of hydrogen-bond acceptors (Lipinski definition) is 3. The SMILES string of the molecule is C=NN(/C=C(/CC)CCC)c1ccc(C(C)C)c(O)c1. The first kappa shape index (κ1) is 16.3. The van der Waals surface area contributed by atoms with E-state index in [9.17, 15) is 5.11 Å². The van der Waals surface area contributed by atoms with E-state index in [2.05, 4.69) is 39.5 Å². The maximum absolute atomic E-state index is 10.1. The van der Waals surface area contributed by atoms with Crippen molar-refractivity contribution in [3.63, 3.8) is 0 Å². The molecule has 0 radical (unpaired) electrons. The highest BCUT2D eigenvalue weighted by Gasteiger charge is 2.09.